The van der Waals surface area contributed by atoms with E-state index < -0.39 is 35.7 Å². The minimum absolute atomic E-state index is 0.108. The van der Waals surface area contributed by atoms with Crippen LogP contribution in [0.15, 0.2) is 48.5 Å². The summed E-state index contributed by atoms with van der Waals surface area (Å²) in [4.78, 5) is 37.9. The van der Waals surface area contributed by atoms with E-state index in [1.54, 1.807) is 0 Å². The predicted octanol–water partition coefficient (Wildman–Crippen LogP) is 3.43. The van der Waals surface area contributed by atoms with Crippen molar-refractivity contribution < 1.29 is 29.3 Å². The Labute approximate surface area is 204 Å². The van der Waals surface area contributed by atoms with E-state index >= 15 is 0 Å². The summed E-state index contributed by atoms with van der Waals surface area (Å²) in [6, 6.07) is 16.0. The molecule has 0 spiro atoms. The second-order valence-electron chi connectivity index (χ2n) is 9.98. The number of aliphatic hydroxyl groups excluding tert-OH is 1. The fraction of sp³-hybridized carbons (Fsp3) is 0.444. The maximum Gasteiger partial charge on any atom is 0.408 e. The summed E-state index contributed by atoms with van der Waals surface area (Å²) in [5, 5.41) is 24.3. The Morgan fingerprint density at radius 1 is 1.09 bits per heavy atom. The number of carbonyl (C=O) groups is 3. The SMILES string of the molecule is CC1CCCC(NC(=O)OCC2c3ccccc3-c3ccccc32)(C(=O)NC(C)(CO)C(=O)O)C1. The van der Waals surface area contributed by atoms with E-state index in [0.717, 1.165) is 28.7 Å². The number of alkyl carbamates (subject to hydrolysis) is 1. The number of ether oxygens (including phenoxy) is 1. The quantitative estimate of drug-likeness (QED) is 0.481. The van der Waals surface area contributed by atoms with E-state index in [9.17, 15) is 24.6 Å². The molecule has 4 N–H and O–H groups in total. The molecular formula is C27H32N2O6. The Morgan fingerprint density at radius 2 is 1.69 bits per heavy atom. The average Bonchev–Trinajstić information content (AvgIpc) is 3.16. The maximum atomic E-state index is 13.3. The third-order valence-corrected chi connectivity index (χ3v) is 7.29. The van der Waals surface area contributed by atoms with Gasteiger partial charge in [-0.15, -0.1) is 0 Å². The van der Waals surface area contributed by atoms with Gasteiger partial charge in [-0.05, 0) is 47.9 Å². The lowest BCUT2D eigenvalue weighted by Gasteiger charge is -2.40. The first kappa shape index (κ1) is 24.7. The molecule has 0 saturated heterocycles. The van der Waals surface area contributed by atoms with Crippen LogP contribution in [0.2, 0.25) is 0 Å². The number of carboxylic acid groups (broad SMARTS) is 1. The third-order valence-electron chi connectivity index (χ3n) is 7.29. The van der Waals surface area contributed by atoms with Crippen LogP contribution in [-0.4, -0.2) is 52.5 Å². The molecule has 2 aliphatic rings. The van der Waals surface area contributed by atoms with Crippen molar-refractivity contribution in [2.45, 2.75) is 56.5 Å². The molecular weight excluding hydrogens is 448 g/mol. The average molecular weight is 481 g/mol. The summed E-state index contributed by atoms with van der Waals surface area (Å²) in [7, 11) is 0. The van der Waals surface area contributed by atoms with Crippen molar-refractivity contribution in [1.29, 1.82) is 0 Å². The Kier molecular flexibility index (Phi) is 6.85. The molecule has 3 atom stereocenters. The van der Waals surface area contributed by atoms with Gasteiger partial charge in [0.2, 0.25) is 5.91 Å². The summed E-state index contributed by atoms with van der Waals surface area (Å²) < 4.78 is 5.66. The molecule has 186 valence electrons. The molecule has 0 aliphatic heterocycles. The molecule has 1 fully saturated rings. The largest absolute Gasteiger partial charge is 0.479 e. The summed E-state index contributed by atoms with van der Waals surface area (Å²) >= 11 is 0. The molecule has 2 amide bonds. The topological polar surface area (TPSA) is 125 Å². The standard InChI is InChI=1S/C27H32N2O6/c1-17-8-7-13-27(14-17,23(31)28-26(2,16-30)24(32)33)29-25(34)35-15-22-20-11-5-3-9-18(20)19-10-4-6-12-21(19)22/h3-6,9-12,17,22,30H,7-8,13-16H2,1-2H3,(H,28,31)(H,29,34)(H,32,33). The second-order valence-corrected chi connectivity index (χ2v) is 9.98. The van der Waals surface area contributed by atoms with Crippen LogP contribution in [0.4, 0.5) is 4.79 Å². The van der Waals surface area contributed by atoms with Crippen LogP contribution >= 0.6 is 0 Å². The number of aliphatic carboxylic acids is 1. The van der Waals surface area contributed by atoms with Gasteiger partial charge >= 0.3 is 12.1 Å². The predicted molar refractivity (Wildman–Crippen MR) is 130 cm³/mol. The lowest BCUT2D eigenvalue weighted by molar-refractivity contribution is -0.150. The highest BCUT2D eigenvalue weighted by molar-refractivity contribution is 5.94. The number of carboxylic acids is 1. The molecule has 2 aromatic carbocycles. The smallest absolute Gasteiger partial charge is 0.408 e. The van der Waals surface area contributed by atoms with E-state index in [2.05, 4.69) is 22.8 Å². The minimum atomic E-state index is -1.85. The number of carbonyl (C=O) groups excluding carboxylic acids is 2. The molecule has 2 aliphatic carbocycles. The zero-order valence-corrected chi connectivity index (χ0v) is 20.0. The van der Waals surface area contributed by atoms with E-state index in [1.165, 1.54) is 6.92 Å². The Bertz CT molecular complexity index is 1090. The molecule has 0 radical (unpaired) electrons. The molecule has 0 heterocycles. The van der Waals surface area contributed by atoms with Crippen LogP contribution in [-0.2, 0) is 14.3 Å². The van der Waals surface area contributed by atoms with E-state index in [-0.39, 0.29) is 18.4 Å². The van der Waals surface area contributed by atoms with Crippen molar-refractivity contribution in [3.05, 3.63) is 59.7 Å². The van der Waals surface area contributed by atoms with Crippen LogP contribution in [0.5, 0.6) is 0 Å². The second kappa shape index (κ2) is 9.70. The van der Waals surface area contributed by atoms with Gasteiger partial charge in [0, 0.05) is 5.92 Å². The maximum absolute atomic E-state index is 13.3. The van der Waals surface area contributed by atoms with Crippen molar-refractivity contribution in [2.24, 2.45) is 5.92 Å². The summed E-state index contributed by atoms with van der Waals surface area (Å²) in [5.41, 5.74) is 1.23. The Morgan fingerprint density at radius 3 is 2.23 bits per heavy atom. The van der Waals surface area contributed by atoms with Crippen LogP contribution in [0.25, 0.3) is 11.1 Å². The molecule has 0 aromatic heterocycles. The molecule has 8 heteroatoms. The number of rotatable bonds is 7. The van der Waals surface area contributed by atoms with Crippen LogP contribution in [0.1, 0.15) is 56.6 Å². The van der Waals surface area contributed by atoms with Gasteiger partial charge in [-0.25, -0.2) is 9.59 Å². The normalized spacial score (nSPS) is 22.9. The number of aliphatic hydroxyl groups is 1. The van der Waals surface area contributed by atoms with Gasteiger partial charge in [-0.1, -0.05) is 68.3 Å². The van der Waals surface area contributed by atoms with Gasteiger partial charge < -0.3 is 25.6 Å². The van der Waals surface area contributed by atoms with Crippen molar-refractivity contribution in [3.63, 3.8) is 0 Å². The zero-order chi connectivity index (χ0) is 25.2. The minimum Gasteiger partial charge on any atom is -0.479 e. The monoisotopic (exact) mass is 480 g/mol. The van der Waals surface area contributed by atoms with Crippen molar-refractivity contribution in [3.8, 4) is 11.1 Å². The molecule has 8 nitrogen and oxygen atoms in total. The first-order valence-corrected chi connectivity index (χ1v) is 12.0. The number of nitrogens with one attached hydrogen (secondary N) is 2. The van der Waals surface area contributed by atoms with E-state index in [1.807, 2.05) is 43.3 Å². The molecule has 3 unspecified atom stereocenters. The van der Waals surface area contributed by atoms with Crippen LogP contribution in [0.3, 0.4) is 0 Å². The van der Waals surface area contributed by atoms with Gasteiger partial charge in [-0.2, -0.15) is 0 Å². The molecule has 35 heavy (non-hydrogen) atoms. The number of hydrogen-bond acceptors (Lipinski definition) is 5. The van der Waals surface area contributed by atoms with Crippen LogP contribution < -0.4 is 10.6 Å². The third kappa shape index (κ3) is 4.75. The highest BCUT2D eigenvalue weighted by atomic mass is 16.5. The summed E-state index contributed by atoms with van der Waals surface area (Å²) in [6.45, 7) is 2.56. The van der Waals surface area contributed by atoms with Gasteiger partial charge in [0.1, 0.15) is 12.1 Å². The lowest BCUT2D eigenvalue weighted by Crippen LogP contribution is -2.66. The highest BCUT2D eigenvalue weighted by Gasteiger charge is 2.47. The van der Waals surface area contributed by atoms with E-state index in [0.29, 0.717) is 19.3 Å². The van der Waals surface area contributed by atoms with Crippen molar-refractivity contribution in [2.75, 3.05) is 13.2 Å². The first-order valence-electron chi connectivity index (χ1n) is 12.0. The van der Waals surface area contributed by atoms with Gasteiger partial charge in [0.05, 0.1) is 6.61 Å². The number of amides is 2. The highest BCUT2D eigenvalue weighted by Crippen LogP contribution is 2.44. The number of hydrogen-bond donors (Lipinski definition) is 4. The van der Waals surface area contributed by atoms with Crippen molar-refractivity contribution in [1.82, 2.24) is 10.6 Å². The molecule has 2 aromatic rings. The lowest BCUT2D eigenvalue weighted by atomic mass is 9.75. The van der Waals surface area contributed by atoms with Gasteiger partial charge in [0.15, 0.2) is 5.54 Å². The molecule has 4 rings (SSSR count). The Balaban J connectivity index is 1.51. The molecule has 1 saturated carbocycles. The number of fused-ring (bicyclic) bond motifs is 3. The van der Waals surface area contributed by atoms with Gasteiger partial charge in [-0.3, -0.25) is 4.79 Å². The molecule has 0 bridgehead atoms. The van der Waals surface area contributed by atoms with Crippen LogP contribution in [0, 0.1) is 5.92 Å². The zero-order valence-electron chi connectivity index (χ0n) is 20.0. The van der Waals surface area contributed by atoms with Crippen molar-refractivity contribution >= 4 is 18.0 Å². The Hall–Kier alpha value is -3.39. The fourth-order valence-electron chi connectivity index (χ4n) is 5.29. The number of benzene rings is 2. The summed E-state index contributed by atoms with van der Waals surface area (Å²) in [6.07, 6.45) is 1.58. The summed E-state index contributed by atoms with van der Waals surface area (Å²) in [5.74, 6) is -1.95. The fourth-order valence-corrected chi connectivity index (χ4v) is 5.29. The van der Waals surface area contributed by atoms with E-state index in [4.69, 9.17) is 4.74 Å². The van der Waals surface area contributed by atoms with Gasteiger partial charge in [0.25, 0.3) is 0 Å². The first-order chi connectivity index (χ1) is 16.7.